The minimum atomic E-state index is 0.0513. The van der Waals surface area contributed by atoms with Crippen LogP contribution < -0.4 is 10.6 Å². The number of nitrogens with one attached hydrogen (secondary N) is 2. The molecule has 0 spiro atoms. The first-order valence-electron chi connectivity index (χ1n) is 5.35. The van der Waals surface area contributed by atoms with Gasteiger partial charge in [-0.3, -0.25) is 4.98 Å². The fourth-order valence-electron chi connectivity index (χ4n) is 1.14. The van der Waals surface area contributed by atoms with Gasteiger partial charge in [0.05, 0.1) is 32.2 Å². The van der Waals surface area contributed by atoms with Gasteiger partial charge in [-0.2, -0.15) is 0 Å². The third-order valence-corrected chi connectivity index (χ3v) is 1.78. The molecule has 1 rings (SSSR count). The van der Waals surface area contributed by atoms with Gasteiger partial charge in [-0.15, -0.1) is 0 Å². The van der Waals surface area contributed by atoms with Crippen LogP contribution in [-0.2, 0) is 4.74 Å². The SMILES string of the molecule is CCNc1cncc(NCCOCCO)n1. The number of aliphatic hydroxyl groups excluding tert-OH is 1. The molecule has 90 valence electrons. The van der Waals surface area contributed by atoms with Crippen molar-refractivity contribution < 1.29 is 9.84 Å². The van der Waals surface area contributed by atoms with Gasteiger partial charge in [0.15, 0.2) is 0 Å². The second kappa shape index (κ2) is 7.84. The van der Waals surface area contributed by atoms with E-state index in [1.54, 1.807) is 12.4 Å². The number of aromatic nitrogens is 2. The summed E-state index contributed by atoms with van der Waals surface area (Å²) in [6.07, 6.45) is 3.34. The molecule has 6 nitrogen and oxygen atoms in total. The molecule has 0 saturated heterocycles. The predicted octanol–water partition coefficient (Wildman–Crippen LogP) is 0.329. The lowest BCUT2D eigenvalue weighted by atomic mass is 10.5. The first kappa shape index (κ1) is 12.7. The molecule has 0 unspecified atom stereocenters. The Morgan fingerprint density at radius 2 is 2.00 bits per heavy atom. The van der Waals surface area contributed by atoms with Gasteiger partial charge in [0.1, 0.15) is 11.6 Å². The number of hydrogen-bond donors (Lipinski definition) is 3. The number of hydrogen-bond acceptors (Lipinski definition) is 6. The van der Waals surface area contributed by atoms with Crippen molar-refractivity contribution >= 4 is 11.6 Å². The highest BCUT2D eigenvalue weighted by atomic mass is 16.5. The second-order valence-electron chi connectivity index (χ2n) is 3.08. The van der Waals surface area contributed by atoms with Gasteiger partial charge in [-0.1, -0.05) is 0 Å². The Kier molecular flexibility index (Phi) is 6.20. The lowest BCUT2D eigenvalue weighted by molar-refractivity contribution is 0.0992. The summed E-state index contributed by atoms with van der Waals surface area (Å²) in [6.45, 7) is 4.42. The first-order valence-corrected chi connectivity index (χ1v) is 5.35. The summed E-state index contributed by atoms with van der Waals surface area (Å²) in [5.41, 5.74) is 0. The Labute approximate surface area is 95.1 Å². The quantitative estimate of drug-likeness (QED) is 0.554. The largest absolute Gasteiger partial charge is 0.394 e. The summed E-state index contributed by atoms with van der Waals surface area (Å²) < 4.78 is 5.11. The van der Waals surface area contributed by atoms with E-state index in [1.807, 2.05) is 6.92 Å². The van der Waals surface area contributed by atoms with Crippen molar-refractivity contribution in [3.8, 4) is 0 Å². The van der Waals surface area contributed by atoms with Gasteiger partial charge in [0.25, 0.3) is 0 Å². The minimum absolute atomic E-state index is 0.0513. The molecule has 0 bridgehead atoms. The summed E-state index contributed by atoms with van der Waals surface area (Å²) >= 11 is 0. The Bertz CT molecular complexity index is 296. The maximum atomic E-state index is 8.50. The summed E-state index contributed by atoms with van der Waals surface area (Å²) in [5, 5.41) is 14.7. The maximum Gasteiger partial charge on any atom is 0.147 e. The molecule has 1 aromatic rings. The number of rotatable bonds is 8. The predicted molar refractivity (Wildman–Crippen MR) is 62.6 cm³/mol. The van der Waals surface area contributed by atoms with E-state index in [-0.39, 0.29) is 6.61 Å². The van der Waals surface area contributed by atoms with Gasteiger partial charge >= 0.3 is 0 Å². The summed E-state index contributed by atoms with van der Waals surface area (Å²) in [6, 6.07) is 0. The monoisotopic (exact) mass is 226 g/mol. The van der Waals surface area contributed by atoms with E-state index in [0.717, 1.165) is 12.4 Å². The molecule has 0 aromatic carbocycles. The van der Waals surface area contributed by atoms with Crippen LogP contribution in [0.1, 0.15) is 6.92 Å². The van der Waals surface area contributed by atoms with Crippen LogP contribution in [0.2, 0.25) is 0 Å². The highest BCUT2D eigenvalue weighted by Gasteiger charge is 1.96. The molecule has 0 fully saturated rings. The number of ether oxygens (including phenoxy) is 1. The van der Waals surface area contributed by atoms with E-state index in [2.05, 4.69) is 20.6 Å². The number of anilines is 2. The zero-order valence-electron chi connectivity index (χ0n) is 9.44. The highest BCUT2D eigenvalue weighted by Crippen LogP contribution is 2.05. The molecule has 1 heterocycles. The third-order valence-electron chi connectivity index (χ3n) is 1.78. The summed E-state index contributed by atoms with van der Waals surface area (Å²) in [5.74, 6) is 1.47. The standard InChI is InChI=1S/C10H18N4O2/c1-2-12-9-7-11-8-10(14-9)13-3-5-16-6-4-15/h7-8,15H,2-6H2,1H3,(H2,12,13,14). The first-order chi connectivity index (χ1) is 7.86. The van der Waals surface area contributed by atoms with Crippen molar-refractivity contribution in [2.75, 3.05) is 43.5 Å². The molecular formula is C10H18N4O2. The van der Waals surface area contributed by atoms with Crippen molar-refractivity contribution in [2.24, 2.45) is 0 Å². The maximum absolute atomic E-state index is 8.50. The van der Waals surface area contributed by atoms with Gasteiger partial charge in [-0.05, 0) is 6.92 Å². The van der Waals surface area contributed by atoms with Crippen LogP contribution in [0.15, 0.2) is 12.4 Å². The average molecular weight is 226 g/mol. The van der Waals surface area contributed by atoms with E-state index in [4.69, 9.17) is 9.84 Å². The molecule has 1 aromatic heterocycles. The van der Waals surface area contributed by atoms with Crippen LogP contribution in [0.25, 0.3) is 0 Å². The van der Waals surface area contributed by atoms with Crippen LogP contribution >= 0.6 is 0 Å². The molecule has 0 aliphatic rings. The second-order valence-corrected chi connectivity index (χ2v) is 3.08. The summed E-state index contributed by atoms with van der Waals surface area (Å²) in [4.78, 5) is 8.34. The van der Waals surface area contributed by atoms with Crippen LogP contribution in [-0.4, -0.2) is 48.0 Å². The smallest absolute Gasteiger partial charge is 0.147 e. The van der Waals surface area contributed by atoms with Gasteiger partial charge < -0.3 is 20.5 Å². The molecule has 0 atom stereocenters. The highest BCUT2D eigenvalue weighted by molar-refractivity contribution is 5.41. The normalized spacial score (nSPS) is 10.1. The Morgan fingerprint density at radius 3 is 2.69 bits per heavy atom. The Balaban J connectivity index is 2.27. The Hall–Kier alpha value is -1.40. The van der Waals surface area contributed by atoms with Crippen molar-refractivity contribution in [2.45, 2.75) is 6.92 Å². The van der Waals surface area contributed by atoms with Crippen molar-refractivity contribution in [1.82, 2.24) is 9.97 Å². The van der Waals surface area contributed by atoms with Crippen LogP contribution in [0.4, 0.5) is 11.6 Å². The van der Waals surface area contributed by atoms with Gasteiger partial charge in [0.2, 0.25) is 0 Å². The molecule has 6 heteroatoms. The topological polar surface area (TPSA) is 79.3 Å². The molecular weight excluding hydrogens is 208 g/mol. The van der Waals surface area contributed by atoms with Crippen molar-refractivity contribution in [3.63, 3.8) is 0 Å². The third kappa shape index (κ3) is 4.90. The fraction of sp³-hybridized carbons (Fsp3) is 0.600. The van der Waals surface area contributed by atoms with Crippen LogP contribution in [0.5, 0.6) is 0 Å². The summed E-state index contributed by atoms with van der Waals surface area (Å²) in [7, 11) is 0. The molecule has 0 aliphatic carbocycles. The van der Waals surface area contributed by atoms with Crippen molar-refractivity contribution in [1.29, 1.82) is 0 Å². The lowest BCUT2D eigenvalue weighted by Crippen LogP contribution is -2.12. The molecule has 0 amide bonds. The van der Waals surface area contributed by atoms with E-state index in [0.29, 0.717) is 25.6 Å². The Morgan fingerprint density at radius 1 is 1.25 bits per heavy atom. The van der Waals surface area contributed by atoms with E-state index in [9.17, 15) is 0 Å². The molecule has 0 aliphatic heterocycles. The minimum Gasteiger partial charge on any atom is -0.394 e. The molecule has 0 saturated carbocycles. The lowest BCUT2D eigenvalue weighted by Gasteiger charge is -2.07. The van der Waals surface area contributed by atoms with Crippen LogP contribution in [0, 0.1) is 0 Å². The number of aliphatic hydroxyl groups is 1. The van der Waals surface area contributed by atoms with Crippen LogP contribution in [0.3, 0.4) is 0 Å². The van der Waals surface area contributed by atoms with E-state index in [1.165, 1.54) is 0 Å². The van der Waals surface area contributed by atoms with Gasteiger partial charge in [-0.25, -0.2) is 4.98 Å². The fourth-order valence-corrected chi connectivity index (χ4v) is 1.14. The number of nitrogens with zero attached hydrogens (tertiary/aromatic N) is 2. The van der Waals surface area contributed by atoms with E-state index >= 15 is 0 Å². The zero-order valence-corrected chi connectivity index (χ0v) is 9.44. The van der Waals surface area contributed by atoms with E-state index < -0.39 is 0 Å². The molecule has 3 N–H and O–H groups in total. The molecule has 0 radical (unpaired) electrons. The van der Waals surface area contributed by atoms with Gasteiger partial charge in [0, 0.05) is 13.1 Å². The van der Waals surface area contributed by atoms with Crippen molar-refractivity contribution in [3.05, 3.63) is 12.4 Å². The zero-order chi connectivity index (χ0) is 11.6. The molecule has 16 heavy (non-hydrogen) atoms. The average Bonchev–Trinajstić information content (AvgIpc) is 2.30.